The Balaban J connectivity index is 1.66. The van der Waals surface area contributed by atoms with Gasteiger partial charge in [0.25, 0.3) is 0 Å². The Hall–Kier alpha value is -2.34. The summed E-state index contributed by atoms with van der Waals surface area (Å²) in [6.45, 7) is 4.21. The molecule has 1 aliphatic heterocycles. The van der Waals surface area contributed by atoms with Crippen LogP contribution >= 0.6 is 0 Å². The molecular formula is C15H16N2O4. The zero-order chi connectivity index (χ0) is 14.9. The van der Waals surface area contributed by atoms with Crippen LogP contribution in [0.2, 0.25) is 0 Å². The molecule has 0 spiro atoms. The highest BCUT2D eigenvalue weighted by molar-refractivity contribution is 5.86. The van der Waals surface area contributed by atoms with Gasteiger partial charge in [-0.05, 0) is 30.3 Å². The van der Waals surface area contributed by atoms with Gasteiger partial charge in [-0.25, -0.2) is 4.79 Å². The molecule has 1 saturated heterocycles. The molecule has 0 aliphatic carbocycles. The minimum absolute atomic E-state index is 0.0724. The Morgan fingerprint density at radius 1 is 1.43 bits per heavy atom. The normalized spacial score (nSPS) is 16.2. The maximum absolute atomic E-state index is 10.8. The van der Waals surface area contributed by atoms with Crippen molar-refractivity contribution in [3.8, 4) is 17.0 Å². The third-order valence-corrected chi connectivity index (χ3v) is 3.45. The highest BCUT2D eigenvalue weighted by atomic mass is 16.5. The number of nitrogens with one attached hydrogen (secondary N) is 1. The van der Waals surface area contributed by atoms with Gasteiger partial charge < -0.3 is 14.6 Å². The number of aromatic nitrogens is 2. The SMILES string of the molecule is CC1(COc2ccc(-c3cc(C(=O)O)[nH]n3)cc2)COC1. The molecule has 3 rings (SSSR count). The average molecular weight is 288 g/mol. The molecule has 1 fully saturated rings. The van der Waals surface area contributed by atoms with Crippen LogP contribution in [0.4, 0.5) is 0 Å². The number of hydrogen-bond acceptors (Lipinski definition) is 4. The quantitative estimate of drug-likeness (QED) is 0.881. The van der Waals surface area contributed by atoms with E-state index in [1.807, 2.05) is 24.3 Å². The van der Waals surface area contributed by atoms with Crippen LogP contribution < -0.4 is 4.74 Å². The Kier molecular flexibility index (Phi) is 3.39. The summed E-state index contributed by atoms with van der Waals surface area (Å²) in [5.41, 5.74) is 1.61. The van der Waals surface area contributed by atoms with Crippen molar-refractivity contribution in [1.29, 1.82) is 0 Å². The van der Waals surface area contributed by atoms with Crippen LogP contribution in [0.15, 0.2) is 30.3 Å². The highest BCUT2D eigenvalue weighted by Crippen LogP contribution is 2.28. The maximum atomic E-state index is 10.8. The van der Waals surface area contributed by atoms with Crippen LogP contribution in [0.1, 0.15) is 17.4 Å². The zero-order valence-corrected chi connectivity index (χ0v) is 11.6. The molecule has 0 radical (unpaired) electrons. The number of hydrogen-bond donors (Lipinski definition) is 2. The van der Waals surface area contributed by atoms with Crippen molar-refractivity contribution < 1.29 is 19.4 Å². The Morgan fingerprint density at radius 3 is 2.67 bits per heavy atom. The van der Waals surface area contributed by atoms with Crippen LogP contribution in [-0.4, -0.2) is 41.1 Å². The molecule has 0 amide bonds. The van der Waals surface area contributed by atoms with E-state index in [0.717, 1.165) is 24.5 Å². The number of carbonyl (C=O) groups is 1. The molecule has 2 aromatic rings. The predicted molar refractivity (Wildman–Crippen MR) is 75.4 cm³/mol. The fourth-order valence-corrected chi connectivity index (χ4v) is 2.09. The summed E-state index contributed by atoms with van der Waals surface area (Å²) >= 11 is 0. The molecule has 0 atom stereocenters. The molecule has 1 aromatic heterocycles. The molecule has 2 N–H and O–H groups in total. The highest BCUT2D eigenvalue weighted by Gasteiger charge is 2.34. The lowest BCUT2D eigenvalue weighted by Crippen LogP contribution is -2.44. The maximum Gasteiger partial charge on any atom is 0.353 e. The lowest BCUT2D eigenvalue weighted by atomic mass is 9.90. The minimum Gasteiger partial charge on any atom is -0.493 e. The summed E-state index contributed by atoms with van der Waals surface area (Å²) < 4.78 is 10.9. The predicted octanol–water partition coefficient (Wildman–Crippen LogP) is 2.19. The second-order valence-electron chi connectivity index (χ2n) is 5.59. The summed E-state index contributed by atoms with van der Waals surface area (Å²) in [4.78, 5) is 10.8. The Morgan fingerprint density at radius 2 is 2.14 bits per heavy atom. The van der Waals surface area contributed by atoms with E-state index in [1.165, 1.54) is 6.07 Å². The monoisotopic (exact) mass is 288 g/mol. The second kappa shape index (κ2) is 5.21. The molecule has 6 nitrogen and oxygen atoms in total. The summed E-state index contributed by atoms with van der Waals surface area (Å²) in [6.07, 6.45) is 0. The van der Waals surface area contributed by atoms with Gasteiger partial charge in [0.1, 0.15) is 11.4 Å². The van der Waals surface area contributed by atoms with Crippen LogP contribution in [0.3, 0.4) is 0 Å². The first kappa shape index (κ1) is 13.6. The van der Waals surface area contributed by atoms with E-state index in [1.54, 1.807) is 0 Å². The third-order valence-electron chi connectivity index (χ3n) is 3.45. The summed E-state index contributed by atoms with van der Waals surface area (Å²) in [6, 6.07) is 8.93. The van der Waals surface area contributed by atoms with Crippen LogP contribution in [-0.2, 0) is 4.74 Å². The summed E-state index contributed by atoms with van der Waals surface area (Å²) in [7, 11) is 0. The van der Waals surface area contributed by atoms with Gasteiger partial charge in [0.15, 0.2) is 0 Å². The standard InChI is InChI=1S/C15H16N2O4/c1-15(7-20-8-15)9-21-11-4-2-10(3-5-11)12-6-13(14(18)19)17-16-12/h2-6H,7-9H2,1H3,(H,16,17)(H,18,19). The molecule has 0 unspecified atom stereocenters. The first-order chi connectivity index (χ1) is 10.1. The Labute approximate surface area is 121 Å². The van der Waals surface area contributed by atoms with Crippen LogP contribution in [0, 0.1) is 5.41 Å². The molecule has 1 aromatic carbocycles. The van der Waals surface area contributed by atoms with Crippen LogP contribution in [0.25, 0.3) is 11.3 Å². The van der Waals surface area contributed by atoms with Crippen molar-refractivity contribution >= 4 is 5.97 Å². The number of benzene rings is 1. The van der Waals surface area contributed by atoms with E-state index in [4.69, 9.17) is 14.6 Å². The minimum atomic E-state index is -1.02. The summed E-state index contributed by atoms with van der Waals surface area (Å²) in [5.74, 6) is -0.245. The van der Waals surface area contributed by atoms with Gasteiger partial charge in [-0.1, -0.05) is 6.92 Å². The van der Waals surface area contributed by atoms with Gasteiger partial charge in [0, 0.05) is 11.0 Å². The van der Waals surface area contributed by atoms with E-state index in [9.17, 15) is 4.79 Å². The molecule has 0 saturated carbocycles. The number of aromatic amines is 1. The summed E-state index contributed by atoms with van der Waals surface area (Å²) in [5, 5.41) is 15.3. The average Bonchev–Trinajstić information content (AvgIpc) is 2.93. The van der Waals surface area contributed by atoms with Crippen molar-refractivity contribution in [2.24, 2.45) is 5.41 Å². The van der Waals surface area contributed by atoms with Gasteiger partial charge in [-0.3, -0.25) is 5.10 Å². The number of carboxylic acids is 1. The number of H-pyrrole nitrogens is 1. The van der Waals surface area contributed by atoms with Crippen molar-refractivity contribution in [3.63, 3.8) is 0 Å². The second-order valence-corrected chi connectivity index (χ2v) is 5.59. The molecule has 0 bridgehead atoms. The van der Waals surface area contributed by atoms with E-state index >= 15 is 0 Å². The third kappa shape index (κ3) is 2.90. The molecule has 2 heterocycles. The zero-order valence-electron chi connectivity index (χ0n) is 11.6. The number of ether oxygens (including phenoxy) is 2. The van der Waals surface area contributed by atoms with Gasteiger partial charge >= 0.3 is 5.97 Å². The topological polar surface area (TPSA) is 84.4 Å². The fraction of sp³-hybridized carbons (Fsp3) is 0.333. The number of aromatic carboxylic acids is 1. The van der Waals surface area contributed by atoms with Gasteiger partial charge in [-0.2, -0.15) is 5.10 Å². The lowest BCUT2D eigenvalue weighted by molar-refractivity contribution is -0.120. The van der Waals surface area contributed by atoms with Gasteiger partial charge in [-0.15, -0.1) is 0 Å². The first-order valence-corrected chi connectivity index (χ1v) is 6.65. The smallest absolute Gasteiger partial charge is 0.353 e. The van der Waals surface area contributed by atoms with Gasteiger partial charge in [0.2, 0.25) is 0 Å². The molecule has 110 valence electrons. The van der Waals surface area contributed by atoms with Gasteiger partial charge in [0.05, 0.1) is 25.5 Å². The number of nitrogens with zero attached hydrogens (tertiary/aromatic N) is 1. The first-order valence-electron chi connectivity index (χ1n) is 6.65. The molecule has 1 aliphatic rings. The molecular weight excluding hydrogens is 272 g/mol. The fourth-order valence-electron chi connectivity index (χ4n) is 2.09. The van der Waals surface area contributed by atoms with E-state index in [0.29, 0.717) is 12.3 Å². The number of carboxylic acid groups (broad SMARTS) is 1. The Bertz CT molecular complexity index is 644. The molecule has 21 heavy (non-hydrogen) atoms. The van der Waals surface area contributed by atoms with E-state index in [-0.39, 0.29) is 11.1 Å². The molecule has 6 heteroatoms. The lowest BCUT2D eigenvalue weighted by Gasteiger charge is -2.37. The van der Waals surface area contributed by atoms with E-state index < -0.39 is 5.97 Å². The largest absolute Gasteiger partial charge is 0.493 e. The van der Waals surface area contributed by atoms with E-state index in [2.05, 4.69) is 17.1 Å². The van der Waals surface area contributed by atoms with Crippen molar-refractivity contribution in [2.75, 3.05) is 19.8 Å². The van der Waals surface area contributed by atoms with Crippen molar-refractivity contribution in [2.45, 2.75) is 6.92 Å². The van der Waals surface area contributed by atoms with Crippen LogP contribution in [0.5, 0.6) is 5.75 Å². The van der Waals surface area contributed by atoms with Crippen molar-refractivity contribution in [1.82, 2.24) is 10.2 Å². The van der Waals surface area contributed by atoms with Crippen molar-refractivity contribution in [3.05, 3.63) is 36.0 Å². The number of rotatable bonds is 5.